The molecule has 1 aromatic carbocycles. The van der Waals surface area contributed by atoms with Crippen LogP contribution in [0.1, 0.15) is 18.0 Å². The van der Waals surface area contributed by atoms with Crippen LogP contribution in [-0.4, -0.2) is 43.6 Å². The largest absolute Gasteiger partial charge is 0.394 e. The van der Waals surface area contributed by atoms with Gasteiger partial charge in [-0.25, -0.2) is 12.8 Å². The fraction of sp³-hybridized carbons (Fsp3) is 0.500. The first kappa shape index (κ1) is 14.4. The summed E-state index contributed by atoms with van der Waals surface area (Å²) in [6.45, 7) is -0.259. The van der Waals surface area contributed by atoms with Crippen LogP contribution in [0.3, 0.4) is 0 Å². The van der Waals surface area contributed by atoms with Gasteiger partial charge in [-0.15, -0.1) is 0 Å². The van der Waals surface area contributed by atoms with E-state index in [0.29, 0.717) is 12.0 Å². The fourth-order valence-corrected chi connectivity index (χ4v) is 3.77. The van der Waals surface area contributed by atoms with Crippen molar-refractivity contribution in [1.82, 2.24) is 5.32 Å². The van der Waals surface area contributed by atoms with E-state index < -0.39 is 21.8 Å². The van der Waals surface area contributed by atoms with E-state index in [-0.39, 0.29) is 29.8 Å². The molecule has 1 aliphatic heterocycles. The highest BCUT2D eigenvalue weighted by Crippen LogP contribution is 2.32. The molecule has 0 saturated carbocycles. The average molecular weight is 289 g/mol. The van der Waals surface area contributed by atoms with Gasteiger partial charge in [-0.3, -0.25) is 0 Å². The molecule has 1 heterocycles. The van der Waals surface area contributed by atoms with Gasteiger partial charge in [0.15, 0.2) is 9.84 Å². The molecule has 2 atom stereocenters. The predicted molar refractivity (Wildman–Crippen MR) is 66.9 cm³/mol. The van der Waals surface area contributed by atoms with E-state index in [1.807, 2.05) is 0 Å². The Hall–Kier alpha value is -1.02. The number of hydrogen-bond donors (Lipinski definition) is 3. The average Bonchev–Trinajstić information content (AvgIpc) is 2.37. The summed E-state index contributed by atoms with van der Waals surface area (Å²) in [5.41, 5.74) is 0.386. The van der Waals surface area contributed by atoms with Gasteiger partial charge >= 0.3 is 0 Å². The van der Waals surface area contributed by atoms with Crippen molar-refractivity contribution in [3.63, 3.8) is 0 Å². The van der Waals surface area contributed by atoms with E-state index in [9.17, 15) is 17.9 Å². The number of aliphatic hydroxyl groups excluding tert-OH is 2. The number of aliphatic hydroxyl groups is 2. The molecule has 2 unspecified atom stereocenters. The Morgan fingerprint density at radius 2 is 2.21 bits per heavy atom. The summed E-state index contributed by atoms with van der Waals surface area (Å²) in [5, 5.41) is 21.0. The van der Waals surface area contributed by atoms with Crippen molar-refractivity contribution >= 4 is 9.84 Å². The second kappa shape index (κ2) is 5.54. The summed E-state index contributed by atoms with van der Waals surface area (Å²) in [7, 11) is -3.35. The van der Waals surface area contributed by atoms with Crippen molar-refractivity contribution in [3.05, 3.63) is 29.6 Å². The van der Waals surface area contributed by atoms with Crippen LogP contribution in [-0.2, 0) is 9.84 Å². The molecular formula is C12H16FNO4S. The van der Waals surface area contributed by atoms with Crippen LogP contribution in [0.5, 0.6) is 0 Å². The van der Waals surface area contributed by atoms with Crippen LogP contribution in [0, 0.1) is 5.82 Å². The molecule has 5 nitrogen and oxygen atoms in total. The molecule has 0 saturated heterocycles. The Labute approximate surface area is 111 Å². The van der Waals surface area contributed by atoms with Crippen molar-refractivity contribution < 1.29 is 23.0 Å². The summed E-state index contributed by atoms with van der Waals surface area (Å²) in [5.74, 6) is -0.510. The fourth-order valence-electron chi connectivity index (χ4n) is 2.17. The van der Waals surface area contributed by atoms with Crippen LogP contribution < -0.4 is 5.32 Å². The quantitative estimate of drug-likeness (QED) is 0.679. The van der Waals surface area contributed by atoms with Crippen molar-refractivity contribution in [2.75, 3.05) is 18.9 Å². The standard InChI is InChI=1S/C12H16FNO4S/c13-8-1-2-12-10(5-8)11(3-4-19(12,17)18)14-6-9(16)7-15/h1-2,5,9,11,14-16H,3-4,6-7H2. The first-order valence-corrected chi connectivity index (χ1v) is 7.64. The van der Waals surface area contributed by atoms with Gasteiger partial charge in [-0.05, 0) is 30.2 Å². The van der Waals surface area contributed by atoms with E-state index in [1.54, 1.807) is 0 Å². The second-order valence-electron chi connectivity index (χ2n) is 4.59. The number of hydrogen-bond acceptors (Lipinski definition) is 5. The highest BCUT2D eigenvalue weighted by atomic mass is 32.2. The molecule has 0 aliphatic carbocycles. The number of sulfone groups is 1. The minimum absolute atomic E-state index is 0.0154. The zero-order valence-electron chi connectivity index (χ0n) is 10.2. The van der Waals surface area contributed by atoms with Crippen molar-refractivity contribution in [2.24, 2.45) is 0 Å². The van der Waals surface area contributed by atoms with Crippen LogP contribution in [0.2, 0.25) is 0 Å². The Balaban J connectivity index is 2.27. The smallest absolute Gasteiger partial charge is 0.178 e. The molecule has 0 bridgehead atoms. The molecule has 2 rings (SSSR count). The Morgan fingerprint density at radius 1 is 1.47 bits per heavy atom. The van der Waals surface area contributed by atoms with Gasteiger partial charge in [0.1, 0.15) is 5.82 Å². The topological polar surface area (TPSA) is 86.6 Å². The van der Waals surface area contributed by atoms with Crippen LogP contribution in [0.25, 0.3) is 0 Å². The Kier molecular flexibility index (Phi) is 4.19. The first-order chi connectivity index (χ1) is 8.94. The normalized spacial score (nSPS) is 22.8. The molecule has 0 amide bonds. The molecule has 0 fully saturated rings. The van der Waals surface area contributed by atoms with Crippen LogP contribution >= 0.6 is 0 Å². The highest BCUT2D eigenvalue weighted by molar-refractivity contribution is 7.91. The molecule has 106 valence electrons. The van der Waals surface area contributed by atoms with Crippen LogP contribution in [0.15, 0.2) is 23.1 Å². The maximum absolute atomic E-state index is 13.3. The van der Waals surface area contributed by atoms with Crippen molar-refractivity contribution in [3.8, 4) is 0 Å². The minimum Gasteiger partial charge on any atom is -0.394 e. The zero-order chi connectivity index (χ0) is 14.0. The summed E-state index contributed by atoms with van der Waals surface area (Å²) >= 11 is 0. The molecule has 19 heavy (non-hydrogen) atoms. The monoisotopic (exact) mass is 289 g/mol. The molecule has 1 aliphatic rings. The maximum atomic E-state index is 13.3. The van der Waals surface area contributed by atoms with Gasteiger partial charge < -0.3 is 15.5 Å². The lowest BCUT2D eigenvalue weighted by atomic mass is 10.0. The Morgan fingerprint density at radius 3 is 2.89 bits per heavy atom. The number of rotatable bonds is 4. The van der Waals surface area contributed by atoms with Gasteiger partial charge in [0.2, 0.25) is 0 Å². The van der Waals surface area contributed by atoms with Gasteiger partial charge in [0, 0.05) is 12.6 Å². The minimum atomic E-state index is -3.35. The summed E-state index contributed by atoms with van der Waals surface area (Å²) in [6.07, 6.45) is -0.604. The van der Waals surface area contributed by atoms with E-state index in [1.165, 1.54) is 12.1 Å². The van der Waals surface area contributed by atoms with Crippen molar-refractivity contribution in [1.29, 1.82) is 0 Å². The molecule has 3 N–H and O–H groups in total. The number of benzene rings is 1. The molecule has 0 radical (unpaired) electrons. The van der Waals surface area contributed by atoms with Gasteiger partial charge in [0.25, 0.3) is 0 Å². The zero-order valence-corrected chi connectivity index (χ0v) is 11.0. The van der Waals surface area contributed by atoms with Gasteiger partial charge in [-0.2, -0.15) is 0 Å². The third-order valence-electron chi connectivity index (χ3n) is 3.17. The van der Waals surface area contributed by atoms with Gasteiger partial charge in [0.05, 0.1) is 23.4 Å². The predicted octanol–water partition coefficient (Wildman–Crippen LogP) is -0.0130. The number of fused-ring (bicyclic) bond motifs is 1. The highest BCUT2D eigenvalue weighted by Gasteiger charge is 2.30. The maximum Gasteiger partial charge on any atom is 0.178 e. The van der Waals surface area contributed by atoms with E-state index in [0.717, 1.165) is 6.07 Å². The third kappa shape index (κ3) is 3.11. The van der Waals surface area contributed by atoms with Crippen LogP contribution in [0.4, 0.5) is 4.39 Å². The van der Waals surface area contributed by atoms with Crippen molar-refractivity contribution in [2.45, 2.75) is 23.5 Å². The molecule has 1 aromatic rings. The second-order valence-corrected chi connectivity index (χ2v) is 6.66. The van der Waals surface area contributed by atoms with E-state index in [2.05, 4.69) is 5.32 Å². The summed E-state index contributed by atoms with van der Waals surface area (Å²) in [4.78, 5) is 0.135. The molecular weight excluding hydrogens is 273 g/mol. The molecule has 0 aromatic heterocycles. The molecule has 0 spiro atoms. The first-order valence-electron chi connectivity index (χ1n) is 5.98. The number of nitrogens with one attached hydrogen (secondary N) is 1. The van der Waals surface area contributed by atoms with E-state index in [4.69, 9.17) is 5.11 Å². The lowest BCUT2D eigenvalue weighted by Gasteiger charge is -2.27. The SMILES string of the molecule is O=S1(=O)CCC(NCC(O)CO)c2cc(F)ccc21. The Bertz CT molecular complexity index is 561. The lowest BCUT2D eigenvalue weighted by molar-refractivity contribution is 0.0915. The molecule has 7 heteroatoms. The summed E-state index contributed by atoms with van der Waals surface area (Å²) in [6, 6.07) is 3.27. The summed E-state index contributed by atoms with van der Waals surface area (Å²) < 4.78 is 37.0. The number of halogens is 1. The van der Waals surface area contributed by atoms with E-state index >= 15 is 0 Å². The third-order valence-corrected chi connectivity index (χ3v) is 4.98. The van der Waals surface area contributed by atoms with Gasteiger partial charge in [-0.1, -0.05) is 0 Å². The lowest BCUT2D eigenvalue weighted by Crippen LogP contribution is -2.36.